The van der Waals surface area contributed by atoms with Crippen molar-refractivity contribution in [3.05, 3.63) is 12.7 Å². The summed E-state index contributed by atoms with van der Waals surface area (Å²) >= 11 is 0. The number of hydrogen-bond donors (Lipinski definition) is 3. The number of hydrogen-bond acceptors (Lipinski definition) is 3. The molecule has 2 amide bonds. The second kappa shape index (κ2) is 10.2. The standard InChI is InChI=1S/C11H21N3O2/c1-2-10(15)13-8-5-9-14-11(16)6-3-4-7-12/h2H,1,3-9,12H2,(H,13,15)(H,14,16). The summed E-state index contributed by atoms with van der Waals surface area (Å²) in [6, 6.07) is 0. The van der Waals surface area contributed by atoms with Crippen molar-refractivity contribution in [2.24, 2.45) is 5.73 Å². The van der Waals surface area contributed by atoms with Gasteiger partial charge in [-0.15, -0.1) is 0 Å². The number of amides is 2. The molecular formula is C11H21N3O2. The summed E-state index contributed by atoms with van der Waals surface area (Å²) in [5.41, 5.74) is 5.32. The molecule has 0 aliphatic heterocycles. The Balaban J connectivity index is 3.27. The second-order valence-corrected chi connectivity index (χ2v) is 3.44. The fourth-order valence-electron chi connectivity index (χ4n) is 1.12. The van der Waals surface area contributed by atoms with Crippen molar-refractivity contribution in [2.45, 2.75) is 25.7 Å². The molecule has 0 aliphatic carbocycles. The molecule has 0 heterocycles. The smallest absolute Gasteiger partial charge is 0.243 e. The van der Waals surface area contributed by atoms with Crippen molar-refractivity contribution < 1.29 is 9.59 Å². The van der Waals surface area contributed by atoms with Crippen LogP contribution in [0.15, 0.2) is 12.7 Å². The summed E-state index contributed by atoms with van der Waals surface area (Å²) in [6.07, 6.45) is 4.18. The number of rotatable bonds is 9. The Morgan fingerprint density at radius 2 is 1.81 bits per heavy atom. The summed E-state index contributed by atoms with van der Waals surface area (Å²) in [4.78, 5) is 22.0. The van der Waals surface area contributed by atoms with E-state index < -0.39 is 0 Å². The third-order valence-electron chi connectivity index (χ3n) is 2.02. The number of unbranched alkanes of at least 4 members (excludes halogenated alkanes) is 1. The molecule has 0 aromatic rings. The third-order valence-corrected chi connectivity index (χ3v) is 2.02. The van der Waals surface area contributed by atoms with Gasteiger partial charge in [-0.1, -0.05) is 6.58 Å². The van der Waals surface area contributed by atoms with Crippen LogP contribution in [-0.4, -0.2) is 31.4 Å². The number of carbonyl (C=O) groups is 2. The molecule has 0 spiro atoms. The van der Waals surface area contributed by atoms with Crippen molar-refractivity contribution in [3.8, 4) is 0 Å². The average Bonchev–Trinajstić information content (AvgIpc) is 2.28. The van der Waals surface area contributed by atoms with Crippen LogP contribution in [0.4, 0.5) is 0 Å². The van der Waals surface area contributed by atoms with Crippen molar-refractivity contribution in [2.75, 3.05) is 19.6 Å². The van der Waals surface area contributed by atoms with Gasteiger partial charge in [0.2, 0.25) is 11.8 Å². The van der Waals surface area contributed by atoms with Crippen LogP contribution in [0.2, 0.25) is 0 Å². The maximum Gasteiger partial charge on any atom is 0.243 e. The lowest BCUT2D eigenvalue weighted by Gasteiger charge is -2.05. The Labute approximate surface area is 96.5 Å². The van der Waals surface area contributed by atoms with Crippen molar-refractivity contribution in [1.29, 1.82) is 0 Å². The molecule has 0 bridgehead atoms. The van der Waals surface area contributed by atoms with Crippen molar-refractivity contribution in [1.82, 2.24) is 10.6 Å². The molecule has 4 N–H and O–H groups in total. The van der Waals surface area contributed by atoms with E-state index in [1.165, 1.54) is 6.08 Å². The molecule has 5 nitrogen and oxygen atoms in total. The molecule has 0 saturated heterocycles. The zero-order chi connectivity index (χ0) is 12.2. The van der Waals surface area contributed by atoms with Gasteiger partial charge in [0.05, 0.1) is 0 Å². The van der Waals surface area contributed by atoms with E-state index >= 15 is 0 Å². The zero-order valence-corrected chi connectivity index (χ0v) is 9.63. The third kappa shape index (κ3) is 9.21. The van der Waals surface area contributed by atoms with Crippen LogP contribution in [0.3, 0.4) is 0 Å². The Hall–Kier alpha value is -1.36. The quantitative estimate of drug-likeness (QED) is 0.380. The Bertz CT molecular complexity index is 229. The highest BCUT2D eigenvalue weighted by atomic mass is 16.2. The first-order valence-electron chi connectivity index (χ1n) is 5.57. The maximum absolute atomic E-state index is 11.2. The van der Waals surface area contributed by atoms with Crippen LogP contribution in [0.25, 0.3) is 0 Å². The van der Waals surface area contributed by atoms with E-state index in [0.29, 0.717) is 26.1 Å². The normalized spacial score (nSPS) is 9.56. The van der Waals surface area contributed by atoms with Gasteiger partial charge >= 0.3 is 0 Å². The summed E-state index contributed by atoms with van der Waals surface area (Å²) in [5, 5.41) is 5.41. The molecule has 92 valence electrons. The molecule has 0 fully saturated rings. The molecule has 0 aliphatic rings. The van der Waals surface area contributed by atoms with Gasteiger partial charge in [-0.05, 0) is 31.9 Å². The largest absolute Gasteiger partial charge is 0.356 e. The number of nitrogens with one attached hydrogen (secondary N) is 2. The Kier molecular flexibility index (Phi) is 9.30. The van der Waals surface area contributed by atoms with Gasteiger partial charge in [0.25, 0.3) is 0 Å². The van der Waals surface area contributed by atoms with Gasteiger partial charge in [-0.2, -0.15) is 0 Å². The predicted octanol–water partition coefficient (Wildman–Crippen LogP) is -0.0761. The van der Waals surface area contributed by atoms with E-state index in [-0.39, 0.29) is 11.8 Å². The van der Waals surface area contributed by atoms with E-state index in [9.17, 15) is 9.59 Å². The second-order valence-electron chi connectivity index (χ2n) is 3.44. The monoisotopic (exact) mass is 227 g/mol. The zero-order valence-electron chi connectivity index (χ0n) is 9.63. The molecule has 0 unspecified atom stereocenters. The molecule has 0 atom stereocenters. The van der Waals surface area contributed by atoms with Crippen molar-refractivity contribution in [3.63, 3.8) is 0 Å². The predicted molar refractivity (Wildman–Crippen MR) is 63.7 cm³/mol. The van der Waals surface area contributed by atoms with Crippen LogP contribution in [0, 0.1) is 0 Å². The molecule has 16 heavy (non-hydrogen) atoms. The van der Waals surface area contributed by atoms with Gasteiger partial charge < -0.3 is 16.4 Å². The van der Waals surface area contributed by atoms with E-state index in [1.54, 1.807) is 0 Å². The van der Waals surface area contributed by atoms with Gasteiger partial charge in [-0.25, -0.2) is 0 Å². The fraction of sp³-hybridized carbons (Fsp3) is 0.636. The Morgan fingerprint density at radius 1 is 1.12 bits per heavy atom. The first kappa shape index (κ1) is 14.6. The van der Waals surface area contributed by atoms with Crippen LogP contribution < -0.4 is 16.4 Å². The summed E-state index contributed by atoms with van der Waals surface area (Å²) in [6.45, 7) is 5.10. The molecule has 5 heteroatoms. The highest BCUT2D eigenvalue weighted by Gasteiger charge is 1.99. The minimum absolute atomic E-state index is 0.0449. The first-order chi connectivity index (χ1) is 7.70. The van der Waals surface area contributed by atoms with E-state index in [1.807, 2.05) is 0 Å². The molecular weight excluding hydrogens is 206 g/mol. The lowest BCUT2D eigenvalue weighted by Crippen LogP contribution is -2.28. The lowest BCUT2D eigenvalue weighted by atomic mass is 10.2. The van der Waals surface area contributed by atoms with Crippen molar-refractivity contribution >= 4 is 11.8 Å². The molecule has 0 aromatic heterocycles. The summed E-state index contributed by atoms with van der Waals surface area (Å²) in [7, 11) is 0. The average molecular weight is 227 g/mol. The molecule has 0 radical (unpaired) electrons. The first-order valence-corrected chi connectivity index (χ1v) is 5.57. The highest BCUT2D eigenvalue weighted by molar-refractivity contribution is 5.86. The van der Waals surface area contributed by atoms with E-state index in [0.717, 1.165) is 19.3 Å². The number of carbonyl (C=O) groups excluding carboxylic acids is 2. The molecule has 0 saturated carbocycles. The van der Waals surface area contributed by atoms with E-state index in [4.69, 9.17) is 5.73 Å². The highest BCUT2D eigenvalue weighted by Crippen LogP contribution is 1.92. The molecule has 0 rings (SSSR count). The van der Waals surface area contributed by atoms with E-state index in [2.05, 4.69) is 17.2 Å². The van der Waals surface area contributed by atoms with Gasteiger partial charge in [0, 0.05) is 19.5 Å². The minimum atomic E-state index is -0.186. The van der Waals surface area contributed by atoms with Crippen LogP contribution in [0.5, 0.6) is 0 Å². The topological polar surface area (TPSA) is 84.2 Å². The summed E-state index contributed by atoms with van der Waals surface area (Å²) in [5.74, 6) is -0.141. The maximum atomic E-state index is 11.2. The SMILES string of the molecule is C=CC(=O)NCCCNC(=O)CCCCN. The lowest BCUT2D eigenvalue weighted by molar-refractivity contribution is -0.121. The van der Waals surface area contributed by atoms with Crippen LogP contribution in [-0.2, 0) is 9.59 Å². The van der Waals surface area contributed by atoms with Gasteiger partial charge in [0.1, 0.15) is 0 Å². The minimum Gasteiger partial charge on any atom is -0.356 e. The Morgan fingerprint density at radius 3 is 2.44 bits per heavy atom. The fourth-order valence-corrected chi connectivity index (χ4v) is 1.12. The number of nitrogens with two attached hydrogens (primary N) is 1. The summed E-state index contributed by atoms with van der Waals surface area (Å²) < 4.78 is 0. The van der Waals surface area contributed by atoms with Crippen LogP contribution in [0.1, 0.15) is 25.7 Å². The van der Waals surface area contributed by atoms with Gasteiger partial charge in [-0.3, -0.25) is 9.59 Å². The van der Waals surface area contributed by atoms with Gasteiger partial charge in [0.15, 0.2) is 0 Å². The van der Waals surface area contributed by atoms with Crippen LogP contribution >= 0.6 is 0 Å². The molecule has 0 aromatic carbocycles.